The Morgan fingerprint density at radius 3 is 2.43 bits per heavy atom. The summed E-state index contributed by atoms with van der Waals surface area (Å²) in [5.41, 5.74) is 2.63. The van der Waals surface area contributed by atoms with Crippen molar-refractivity contribution in [1.29, 1.82) is 0 Å². The van der Waals surface area contributed by atoms with Crippen LogP contribution in [-0.2, 0) is 27.0 Å². The molecule has 1 amide bonds. The molecular formula is C20H21N3O5S2. The van der Waals surface area contributed by atoms with Crippen molar-refractivity contribution in [1.82, 2.24) is 4.98 Å². The number of nitrogens with zero attached hydrogens (tertiary/aromatic N) is 1. The second kappa shape index (κ2) is 9.24. The lowest BCUT2D eigenvalue weighted by Gasteiger charge is -2.08. The summed E-state index contributed by atoms with van der Waals surface area (Å²) in [5.74, 6) is 0.764. The number of methoxy groups -OCH3 is 2. The summed E-state index contributed by atoms with van der Waals surface area (Å²) in [7, 11) is -0.447. The summed E-state index contributed by atoms with van der Waals surface area (Å²) in [6.07, 6.45) is 0.114. The van der Waals surface area contributed by atoms with Gasteiger partial charge < -0.3 is 14.8 Å². The zero-order valence-corrected chi connectivity index (χ0v) is 18.0. The predicted octanol–water partition coefficient (Wildman–Crippen LogP) is 2.80. The van der Waals surface area contributed by atoms with Crippen molar-refractivity contribution in [2.75, 3.05) is 19.5 Å². The number of anilines is 1. The van der Waals surface area contributed by atoms with Crippen molar-refractivity contribution in [3.8, 4) is 22.1 Å². The van der Waals surface area contributed by atoms with Crippen LogP contribution < -0.4 is 19.9 Å². The topological polar surface area (TPSA) is 121 Å². The predicted molar refractivity (Wildman–Crippen MR) is 116 cm³/mol. The van der Waals surface area contributed by atoms with Gasteiger partial charge >= 0.3 is 0 Å². The van der Waals surface area contributed by atoms with Gasteiger partial charge in [-0.25, -0.2) is 18.5 Å². The average molecular weight is 448 g/mol. The molecule has 3 N–H and O–H groups in total. The molecule has 0 fully saturated rings. The Labute approximate surface area is 178 Å². The third kappa shape index (κ3) is 5.78. The first kappa shape index (κ1) is 21.8. The fourth-order valence-electron chi connectivity index (χ4n) is 2.78. The highest BCUT2D eigenvalue weighted by Gasteiger charge is 2.12. The van der Waals surface area contributed by atoms with Crippen LogP contribution in [-0.4, -0.2) is 33.5 Å². The summed E-state index contributed by atoms with van der Waals surface area (Å²) in [6, 6.07) is 12.0. The van der Waals surface area contributed by atoms with Gasteiger partial charge in [-0.3, -0.25) is 4.79 Å². The van der Waals surface area contributed by atoms with E-state index in [9.17, 15) is 13.2 Å². The fourth-order valence-corrected chi connectivity index (χ4v) is 4.25. The molecule has 0 aliphatic heterocycles. The SMILES string of the molecule is COc1ccc(-c2nc(CC(=O)Nc3ccc(CS(N)(=O)=O)cc3)cs2)cc1OC. The number of hydrogen-bond donors (Lipinski definition) is 2. The number of aromatic nitrogens is 1. The minimum atomic E-state index is -3.59. The first-order valence-corrected chi connectivity index (χ1v) is 11.4. The Morgan fingerprint density at radius 1 is 1.10 bits per heavy atom. The van der Waals surface area contributed by atoms with Gasteiger partial charge in [0.05, 0.1) is 32.1 Å². The molecule has 0 radical (unpaired) electrons. The van der Waals surface area contributed by atoms with Crippen LogP contribution in [0.3, 0.4) is 0 Å². The number of nitrogens with two attached hydrogens (primary N) is 1. The highest BCUT2D eigenvalue weighted by Crippen LogP contribution is 2.33. The number of ether oxygens (including phenoxy) is 2. The number of carbonyl (C=O) groups is 1. The highest BCUT2D eigenvalue weighted by molar-refractivity contribution is 7.88. The van der Waals surface area contributed by atoms with E-state index in [0.717, 1.165) is 10.6 Å². The van der Waals surface area contributed by atoms with Crippen LogP contribution >= 0.6 is 11.3 Å². The summed E-state index contributed by atoms with van der Waals surface area (Å²) in [5, 5.41) is 10.4. The molecule has 0 spiro atoms. The molecule has 3 rings (SSSR count). The standard InChI is InChI=1S/C20H21N3O5S2/c1-27-17-8-5-14(9-18(17)28-2)20-23-16(11-29-20)10-19(24)22-15-6-3-13(4-7-15)12-30(21,25)26/h3-9,11H,10,12H2,1-2H3,(H,22,24)(H2,21,25,26). The maximum absolute atomic E-state index is 12.3. The Hall–Kier alpha value is -2.95. The van der Waals surface area contributed by atoms with E-state index in [1.165, 1.54) is 11.3 Å². The molecule has 0 unspecified atom stereocenters. The van der Waals surface area contributed by atoms with E-state index in [1.54, 1.807) is 38.5 Å². The molecule has 0 aliphatic carbocycles. The van der Waals surface area contributed by atoms with Crippen LogP contribution in [0.25, 0.3) is 10.6 Å². The largest absolute Gasteiger partial charge is 0.493 e. The first-order valence-electron chi connectivity index (χ1n) is 8.83. The van der Waals surface area contributed by atoms with Crippen molar-refractivity contribution < 1.29 is 22.7 Å². The lowest BCUT2D eigenvalue weighted by Crippen LogP contribution is -2.15. The van der Waals surface area contributed by atoms with Gasteiger partial charge in [-0.1, -0.05) is 12.1 Å². The number of carbonyl (C=O) groups excluding carboxylic acids is 1. The fraction of sp³-hybridized carbons (Fsp3) is 0.200. The van der Waals surface area contributed by atoms with Gasteiger partial charge in [0.2, 0.25) is 15.9 Å². The zero-order valence-electron chi connectivity index (χ0n) is 16.4. The Morgan fingerprint density at radius 2 is 1.80 bits per heavy atom. The summed E-state index contributed by atoms with van der Waals surface area (Å²) in [4.78, 5) is 16.9. The van der Waals surface area contributed by atoms with Crippen LogP contribution in [0, 0.1) is 0 Å². The number of hydrogen-bond acceptors (Lipinski definition) is 7. The van der Waals surface area contributed by atoms with Gasteiger partial charge in [-0.15, -0.1) is 11.3 Å². The van der Waals surface area contributed by atoms with E-state index in [-0.39, 0.29) is 18.1 Å². The Bertz CT molecular complexity index is 1140. The van der Waals surface area contributed by atoms with Crippen molar-refractivity contribution in [3.05, 3.63) is 59.1 Å². The van der Waals surface area contributed by atoms with Gasteiger partial charge in [-0.05, 0) is 35.9 Å². The molecular weight excluding hydrogens is 426 g/mol. The van der Waals surface area contributed by atoms with Gasteiger partial charge in [0.15, 0.2) is 11.5 Å². The average Bonchev–Trinajstić information content (AvgIpc) is 3.16. The number of sulfonamides is 1. The number of rotatable bonds is 8. The van der Waals surface area contributed by atoms with E-state index in [4.69, 9.17) is 14.6 Å². The van der Waals surface area contributed by atoms with E-state index in [0.29, 0.717) is 28.4 Å². The van der Waals surface area contributed by atoms with Crippen molar-refractivity contribution in [2.24, 2.45) is 5.14 Å². The molecule has 0 saturated carbocycles. The van der Waals surface area contributed by atoms with E-state index >= 15 is 0 Å². The second-order valence-electron chi connectivity index (χ2n) is 6.44. The molecule has 10 heteroatoms. The maximum atomic E-state index is 12.3. The third-order valence-electron chi connectivity index (χ3n) is 4.13. The molecule has 0 saturated heterocycles. The lowest BCUT2D eigenvalue weighted by molar-refractivity contribution is -0.115. The first-order chi connectivity index (χ1) is 14.3. The molecule has 0 atom stereocenters. The van der Waals surface area contributed by atoms with Crippen molar-refractivity contribution in [3.63, 3.8) is 0 Å². The smallest absolute Gasteiger partial charge is 0.230 e. The molecule has 158 valence electrons. The molecule has 0 bridgehead atoms. The van der Waals surface area contributed by atoms with Crippen LogP contribution in [0.5, 0.6) is 11.5 Å². The molecule has 0 aliphatic rings. The van der Waals surface area contributed by atoms with Gasteiger partial charge in [0, 0.05) is 16.6 Å². The Balaban J connectivity index is 1.64. The van der Waals surface area contributed by atoms with Crippen molar-refractivity contribution in [2.45, 2.75) is 12.2 Å². The zero-order chi connectivity index (χ0) is 21.7. The quantitative estimate of drug-likeness (QED) is 0.548. The number of primary sulfonamides is 1. The van der Waals surface area contributed by atoms with E-state index < -0.39 is 10.0 Å². The van der Waals surface area contributed by atoms with Crippen molar-refractivity contribution >= 4 is 33.0 Å². The third-order valence-corrected chi connectivity index (χ3v) is 5.81. The lowest BCUT2D eigenvalue weighted by atomic mass is 10.2. The molecule has 1 aromatic heterocycles. The monoisotopic (exact) mass is 447 g/mol. The minimum Gasteiger partial charge on any atom is -0.493 e. The van der Waals surface area contributed by atoms with Gasteiger partial charge in [-0.2, -0.15) is 0 Å². The number of thiazole rings is 1. The van der Waals surface area contributed by atoms with Crippen LogP contribution in [0.2, 0.25) is 0 Å². The van der Waals surface area contributed by atoms with E-state index in [2.05, 4.69) is 10.3 Å². The van der Waals surface area contributed by atoms with Crippen LogP contribution in [0.15, 0.2) is 47.8 Å². The summed E-state index contributed by atoms with van der Waals surface area (Å²) >= 11 is 1.43. The van der Waals surface area contributed by atoms with E-state index in [1.807, 2.05) is 23.6 Å². The normalized spacial score (nSPS) is 11.2. The molecule has 2 aromatic carbocycles. The summed E-state index contributed by atoms with van der Waals surface area (Å²) < 4.78 is 32.8. The Kier molecular flexibility index (Phi) is 6.70. The van der Waals surface area contributed by atoms with Crippen LogP contribution in [0.4, 0.5) is 5.69 Å². The van der Waals surface area contributed by atoms with Gasteiger partial charge in [0.1, 0.15) is 5.01 Å². The van der Waals surface area contributed by atoms with Gasteiger partial charge in [0.25, 0.3) is 0 Å². The highest BCUT2D eigenvalue weighted by atomic mass is 32.2. The molecule has 1 heterocycles. The molecule has 3 aromatic rings. The minimum absolute atomic E-state index is 0.114. The van der Waals surface area contributed by atoms with Crippen LogP contribution in [0.1, 0.15) is 11.3 Å². The number of benzene rings is 2. The number of amides is 1. The maximum Gasteiger partial charge on any atom is 0.230 e. The second-order valence-corrected chi connectivity index (χ2v) is 8.92. The molecule has 8 nitrogen and oxygen atoms in total. The summed E-state index contributed by atoms with van der Waals surface area (Å²) in [6.45, 7) is 0. The molecule has 30 heavy (non-hydrogen) atoms. The number of nitrogens with one attached hydrogen (secondary N) is 1.